The van der Waals surface area contributed by atoms with Crippen molar-refractivity contribution >= 4 is 5.91 Å². The van der Waals surface area contributed by atoms with Crippen LogP contribution in [0.5, 0.6) is 5.75 Å². The number of hydrogen-bond acceptors (Lipinski definition) is 2. The van der Waals surface area contributed by atoms with Crippen LogP contribution in [0.2, 0.25) is 0 Å². The molecule has 4 nitrogen and oxygen atoms in total. The number of benzene rings is 3. The van der Waals surface area contributed by atoms with Gasteiger partial charge in [0, 0.05) is 23.2 Å². The number of carbonyl (C=O) groups excluding carboxylic acids is 1. The van der Waals surface area contributed by atoms with Gasteiger partial charge < -0.3 is 15.0 Å². The molecule has 0 heterocycles. The van der Waals surface area contributed by atoms with Crippen molar-refractivity contribution in [2.24, 2.45) is 0 Å². The molecule has 0 fully saturated rings. The van der Waals surface area contributed by atoms with E-state index < -0.39 is 0 Å². The van der Waals surface area contributed by atoms with Crippen LogP contribution >= 0.6 is 0 Å². The number of rotatable bonds is 8. The maximum atomic E-state index is 12.6. The average Bonchev–Trinajstić information content (AvgIpc) is 2.74. The first-order valence-electron chi connectivity index (χ1n) is 9.50. The molecule has 3 rings (SSSR count). The molecule has 0 aliphatic carbocycles. The van der Waals surface area contributed by atoms with Crippen molar-refractivity contribution in [2.45, 2.75) is 12.6 Å². The Bertz CT molecular complexity index is 842. The summed E-state index contributed by atoms with van der Waals surface area (Å²) in [6, 6.07) is 28.5. The number of quaternary nitrogens is 1. The van der Waals surface area contributed by atoms with Gasteiger partial charge in [0.2, 0.25) is 0 Å². The molecular formula is C24H27N2O2+. The summed E-state index contributed by atoms with van der Waals surface area (Å²) in [6.45, 7) is 0.834. The maximum Gasteiger partial charge on any atom is 0.275 e. The molecule has 3 aromatic rings. The van der Waals surface area contributed by atoms with E-state index in [9.17, 15) is 4.79 Å². The van der Waals surface area contributed by atoms with E-state index in [4.69, 9.17) is 4.74 Å². The van der Waals surface area contributed by atoms with Crippen molar-refractivity contribution in [3.05, 3.63) is 102 Å². The lowest BCUT2D eigenvalue weighted by atomic mass is 9.97. The highest BCUT2D eigenvalue weighted by Crippen LogP contribution is 2.19. The Morgan fingerprint density at radius 2 is 1.43 bits per heavy atom. The van der Waals surface area contributed by atoms with Crippen molar-refractivity contribution in [1.29, 1.82) is 0 Å². The smallest absolute Gasteiger partial charge is 0.275 e. The van der Waals surface area contributed by atoms with Gasteiger partial charge in [-0.2, -0.15) is 0 Å². The second-order valence-corrected chi connectivity index (χ2v) is 6.87. The third-order valence-electron chi connectivity index (χ3n) is 4.87. The van der Waals surface area contributed by atoms with Gasteiger partial charge in [-0.05, 0) is 6.07 Å². The third-order valence-corrected chi connectivity index (χ3v) is 4.87. The van der Waals surface area contributed by atoms with Gasteiger partial charge in [0.15, 0.2) is 6.54 Å². The molecule has 1 amide bonds. The Balaban J connectivity index is 1.69. The summed E-state index contributed by atoms with van der Waals surface area (Å²) < 4.78 is 5.36. The molecule has 0 aliphatic heterocycles. The number of nitrogens with one attached hydrogen (secondary N) is 2. The molecule has 1 atom stereocenters. The summed E-state index contributed by atoms with van der Waals surface area (Å²) >= 11 is 0. The topological polar surface area (TPSA) is 42.8 Å². The molecule has 4 heteroatoms. The molecule has 0 radical (unpaired) electrons. The first-order valence-corrected chi connectivity index (χ1v) is 9.50. The number of ether oxygens (including phenoxy) is 1. The number of amides is 1. The summed E-state index contributed by atoms with van der Waals surface area (Å²) in [4.78, 5) is 13.7. The Morgan fingerprint density at radius 3 is 2.00 bits per heavy atom. The Labute approximate surface area is 166 Å². The van der Waals surface area contributed by atoms with Gasteiger partial charge >= 0.3 is 0 Å². The van der Waals surface area contributed by atoms with E-state index in [0.29, 0.717) is 13.1 Å². The van der Waals surface area contributed by atoms with Crippen LogP contribution in [0, 0.1) is 0 Å². The lowest BCUT2D eigenvalue weighted by Crippen LogP contribution is -3.10. The van der Waals surface area contributed by atoms with Crippen LogP contribution in [0.3, 0.4) is 0 Å². The number of para-hydroxylation sites is 1. The molecule has 2 N–H and O–H groups in total. The number of carbonyl (C=O) groups is 1. The van der Waals surface area contributed by atoms with Crippen LogP contribution < -0.4 is 15.0 Å². The van der Waals surface area contributed by atoms with Crippen molar-refractivity contribution in [3.63, 3.8) is 0 Å². The second-order valence-electron chi connectivity index (χ2n) is 6.87. The Kier molecular flexibility index (Phi) is 6.82. The van der Waals surface area contributed by atoms with Crippen molar-refractivity contribution in [1.82, 2.24) is 5.32 Å². The lowest BCUT2D eigenvalue weighted by Gasteiger charge is -2.25. The summed E-state index contributed by atoms with van der Waals surface area (Å²) in [5.74, 6) is 0.801. The predicted molar refractivity (Wildman–Crippen MR) is 111 cm³/mol. The van der Waals surface area contributed by atoms with Gasteiger partial charge in [0.05, 0.1) is 14.2 Å². The quantitative estimate of drug-likeness (QED) is 0.636. The highest BCUT2D eigenvalue weighted by atomic mass is 16.5. The fourth-order valence-electron chi connectivity index (χ4n) is 3.51. The fraction of sp³-hybridized carbons (Fsp3) is 0.208. The lowest BCUT2D eigenvalue weighted by molar-refractivity contribution is -0.898. The molecule has 0 spiro atoms. The van der Waals surface area contributed by atoms with Crippen LogP contribution in [0.1, 0.15) is 22.7 Å². The van der Waals surface area contributed by atoms with E-state index in [-0.39, 0.29) is 11.9 Å². The third kappa shape index (κ3) is 4.99. The minimum atomic E-state index is 0.0141. The molecule has 0 saturated carbocycles. The standard InChI is InChI=1S/C24H26N2O2/c1-26(18-23(27)25-17-21-15-9-10-16-22(21)28-2)24(19-11-5-3-6-12-19)20-13-7-4-8-14-20/h3-16,24H,17-18H2,1-2H3,(H,25,27)/p+1. The van der Waals surface area contributed by atoms with Gasteiger partial charge in [-0.3, -0.25) is 4.79 Å². The van der Waals surface area contributed by atoms with E-state index in [1.165, 1.54) is 11.1 Å². The van der Waals surface area contributed by atoms with E-state index in [0.717, 1.165) is 16.2 Å². The summed E-state index contributed by atoms with van der Waals surface area (Å²) in [7, 11) is 3.70. The highest BCUT2D eigenvalue weighted by Gasteiger charge is 2.24. The monoisotopic (exact) mass is 375 g/mol. The van der Waals surface area contributed by atoms with Crippen LogP contribution in [-0.4, -0.2) is 26.6 Å². The SMILES string of the molecule is COc1ccccc1CNC(=O)C[NH+](C)C(c1ccccc1)c1ccccc1. The minimum Gasteiger partial charge on any atom is -0.496 e. The Morgan fingerprint density at radius 1 is 0.893 bits per heavy atom. The van der Waals surface area contributed by atoms with Crippen LogP contribution in [0.4, 0.5) is 0 Å². The summed E-state index contributed by atoms with van der Waals surface area (Å²) in [5, 5.41) is 3.02. The largest absolute Gasteiger partial charge is 0.496 e. The summed E-state index contributed by atoms with van der Waals surface area (Å²) in [6.07, 6.45) is 0. The first-order chi connectivity index (χ1) is 13.7. The van der Waals surface area contributed by atoms with E-state index in [1.54, 1.807) is 7.11 Å². The highest BCUT2D eigenvalue weighted by molar-refractivity contribution is 5.76. The molecule has 0 aromatic heterocycles. The van der Waals surface area contributed by atoms with E-state index >= 15 is 0 Å². The van der Waals surface area contributed by atoms with Crippen molar-refractivity contribution in [3.8, 4) is 5.75 Å². The molecule has 0 aliphatic rings. The zero-order chi connectivity index (χ0) is 19.8. The second kappa shape index (κ2) is 9.72. The zero-order valence-electron chi connectivity index (χ0n) is 16.4. The number of methoxy groups -OCH3 is 1. The van der Waals surface area contributed by atoms with Crippen LogP contribution in [-0.2, 0) is 11.3 Å². The van der Waals surface area contributed by atoms with E-state index in [1.807, 2.05) is 60.7 Å². The van der Waals surface area contributed by atoms with Gasteiger partial charge in [0.25, 0.3) is 5.91 Å². The van der Waals surface area contributed by atoms with Crippen molar-refractivity contribution in [2.75, 3.05) is 20.7 Å². The average molecular weight is 375 g/mol. The minimum absolute atomic E-state index is 0.0141. The van der Waals surface area contributed by atoms with E-state index in [2.05, 4.69) is 36.6 Å². The zero-order valence-corrected chi connectivity index (χ0v) is 16.4. The molecule has 3 aromatic carbocycles. The fourth-order valence-corrected chi connectivity index (χ4v) is 3.51. The molecular weight excluding hydrogens is 348 g/mol. The summed E-state index contributed by atoms with van der Waals surface area (Å²) in [5.41, 5.74) is 3.37. The Hall–Kier alpha value is -3.11. The molecule has 0 bridgehead atoms. The molecule has 144 valence electrons. The number of hydrogen-bond donors (Lipinski definition) is 2. The van der Waals surface area contributed by atoms with Gasteiger partial charge in [-0.1, -0.05) is 78.9 Å². The molecule has 1 unspecified atom stereocenters. The normalized spacial score (nSPS) is 11.8. The predicted octanol–water partition coefficient (Wildman–Crippen LogP) is 2.62. The van der Waals surface area contributed by atoms with Gasteiger partial charge in [-0.25, -0.2) is 0 Å². The number of likely N-dealkylation sites (N-methyl/N-ethyl adjacent to an activating group) is 1. The molecule has 28 heavy (non-hydrogen) atoms. The molecule has 0 saturated heterocycles. The van der Waals surface area contributed by atoms with Gasteiger partial charge in [-0.15, -0.1) is 0 Å². The first kappa shape index (κ1) is 19.6. The maximum absolute atomic E-state index is 12.6. The van der Waals surface area contributed by atoms with Crippen LogP contribution in [0.25, 0.3) is 0 Å². The van der Waals surface area contributed by atoms with Crippen LogP contribution in [0.15, 0.2) is 84.9 Å². The van der Waals surface area contributed by atoms with Crippen molar-refractivity contribution < 1.29 is 14.4 Å². The van der Waals surface area contributed by atoms with Gasteiger partial charge in [0.1, 0.15) is 11.8 Å².